The van der Waals surface area contributed by atoms with Crippen molar-refractivity contribution in [3.8, 4) is 16.9 Å². The standard InChI is InChI=1S/C16H10Cl3FN2/c1-9-21-16(19)15(13-7-4-11(20)8-14(13)18)22(9)12-5-2-10(17)3-6-12/h2-8H,1H3. The fourth-order valence-corrected chi connectivity index (χ4v) is 3.01. The molecule has 1 heterocycles. The van der Waals surface area contributed by atoms with Crippen LogP contribution >= 0.6 is 34.8 Å². The molecule has 0 unspecified atom stereocenters. The first-order valence-electron chi connectivity index (χ1n) is 6.43. The quantitative estimate of drug-likeness (QED) is 0.555. The average Bonchev–Trinajstić information content (AvgIpc) is 2.75. The summed E-state index contributed by atoms with van der Waals surface area (Å²) in [5.41, 5.74) is 2.08. The van der Waals surface area contributed by atoms with Gasteiger partial charge in [-0.1, -0.05) is 34.8 Å². The van der Waals surface area contributed by atoms with Crippen molar-refractivity contribution in [3.05, 3.63) is 69.3 Å². The van der Waals surface area contributed by atoms with E-state index in [4.69, 9.17) is 34.8 Å². The summed E-state index contributed by atoms with van der Waals surface area (Å²) in [6, 6.07) is 11.4. The highest BCUT2D eigenvalue weighted by atomic mass is 35.5. The van der Waals surface area contributed by atoms with Gasteiger partial charge >= 0.3 is 0 Å². The van der Waals surface area contributed by atoms with E-state index < -0.39 is 5.82 Å². The van der Waals surface area contributed by atoms with Gasteiger partial charge in [-0.3, -0.25) is 4.57 Å². The molecule has 0 atom stereocenters. The molecule has 6 heteroatoms. The monoisotopic (exact) mass is 354 g/mol. The van der Waals surface area contributed by atoms with Crippen LogP contribution in [-0.4, -0.2) is 9.55 Å². The molecule has 0 saturated carbocycles. The topological polar surface area (TPSA) is 17.8 Å². The van der Waals surface area contributed by atoms with Crippen molar-refractivity contribution in [1.29, 1.82) is 0 Å². The molecule has 3 aromatic rings. The predicted octanol–water partition coefficient (Wildman–Crippen LogP) is 5.95. The van der Waals surface area contributed by atoms with Crippen LogP contribution in [0.1, 0.15) is 5.82 Å². The van der Waals surface area contributed by atoms with Crippen LogP contribution in [0.4, 0.5) is 4.39 Å². The third-order valence-corrected chi connectivity index (χ3v) is 4.10. The van der Waals surface area contributed by atoms with E-state index in [0.717, 1.165) is 5.69 Å². The van der Waals surface area contributed by atoms with E-state index in [0.29, 0.717) is 27.3 Å². The maximum atomic E-state index is 13.3. The number of rotatable bonds is 2. The summed E-state index contributed by atoms with van der Waals surface area (Å²) in [5, 5.41) is 1.21. The highest BCUT2D eigenvalue weighted by molar-refractivity contribution is 6.35. The van der Waals surface area contributed by atoms with Gasteiger partial charge in [0.2, 0.25) is 0 Å². The van der Waals surface area contributed by atoms with Crippen molar-refractivity contribution >= 4 is 34.8 Å². The average molecular weight is 356 g/mol. The second kappa shape index (κ2) is 5.92. The Bertz CT molecular complexity index is 841. The molecule has 2 nitrogen and oxygen atoms in total. The Morgan fingerprint density at radius 3 is 2.32 bits per heavy atom. The van der Waals surface area contributed by atoms with Gasteiger partial charge in [0.05, 0.1) is 10.7 Å². The number of hydrogen-bond donors (Lipinski definition) is 0. The largest absolute Gasteiger partial charge is 0.295 e. The van der Waals surface area contributed by atoms with Crippen molar-refractivity contribution in [1.82, 2.24) is 9.55 Å². The van der Waals surface area contributed by atoms with Gasteiger partial charge < -0.3 is 0 Å². The first kappa shape index (κ1) is 15.3. The zero-order valence-electron chi connectivity index (χ0n) is 11.4. The summed E-state index contributed by atoms with van der Waals surface area (Å²) >= 11 is 18.4. The normalized spacial score (nSPS) is 11.0. The van der Waals surface area contributed by atoms with Crippen LogP contribution in [0.25, 0.3) is 16.9 Å². The van der Waals surface area contributed by atoms with Gasteiger partial charge in [-0.15, -0.1) is 0 Å². The Balaban J connectivity index is 2.26. The van der Waals surface area contributed by atoms with Crippen LogP contribution in [0.2, 0.25) is 15.2 Å². The maximum absolute atomic E-state index is 13.3. The minimum atomic E-state index is -0.404. The summed E-state index contributed by atoms with van der Waals surface area (Å²) in [5.74, 6) is 0.293. The van der Waals surface area contributed by atoms with E-state index in [-0.39, 0.29) is 5.02 Å². The zero-order valence-corrected chi connectivity index (χ0v) is 13.7. The molecule has 0 N–H and O–H groups in total. The smallest absolute Gasteiger partial charge is 0.155 e. The lowest BCUT2D eigenvalue weighted by molar-refractivity contribution is 0.628. The minimum Gasteiger partial charge on any atom is -0.295 e. The number of hydrogen-bond acceptors (Lipinski definition) is 1. The molecule has 0 bridgehead atoms. The summed E-state index contributed by atoms with van der Waals surface area (Å²) in [7, 11) is 0. The Morgan fingerprint density at radius 2 is 1.68 bits per heavy atom. The van der Waals surface area contributed by atoms with Crippen molar-refractivity contribution in [3.63, 3.8) is 0 Å². The van der Waals surface area contributed by atoms with Gasteiger partial charge in [0.25, 0.3) is 0 Å². The van der Waals surface area contributed by atoms with E-state index in [2.05, 4.69) is 4.98 Å². The zero-order chi connectivity index (χ0) is 15.9. The van der Waals surface area contributed by atoms with Crippen LogP contribution in [0.15, 0.2) is 42.5 Å². The molecule has 0 aliphatic carbocycles. The third kappa shape index (κ3) is 2.72. The van der Waals surface area contributed by atoms with Gasteiger partial charge in [-0.2, -0.15) is 0 Å². The lowest BCUT2D eigenvalue weighted by Gasteiger charge is -2.12. The van der Waals surface area contributed by atoms with Crippen LogP contribution in [0, 0.1) is 12.7 Å². The molecular weight excluding hydrogens is 346 g/mol. The Hall–Kier alpha value is -1.55. The summed E-state index contributed by atoms with van der Waals surface area (Å²) in [6.45, 7) is 1.83. The van der Waals surface area contributed by atoms with Crippen molar-refractivity contribution in [2.45, 2.75) is 6.92 Å². The van der Waals surface area contributed by atoms with Crippen molar-refractivity contribution < 1.29 is 4.39 Å². The van der Waals surface area contributed by atoms with E-state index in [1.54, 1.807) is 18.2 Å². The number of nitrogens with zero attached hydrogens (tertiary/aromatic N) is 2. The molecule has 0 fully saturated rings. The van der Waals surface area contributed by atoms with Gasteiger partial charge in [0.15, 0.2) is 5.15 Å². The molecule has 3 rings (SSSR count). The Kier molecular flexibility index (Phi) is 4.13. The number of aryl methyl sites for hydroxylation is 1. The van der Waals surface area contributed by atoms with Gasteiger partial charge in [-0.05, 0) is 49.4 Å². The van der Waals surface area contributed by atoms with Gasteiger partial charge in [0, 0.05) is 16.3 Å². The summed E-state index contributed by atoms with van der Waals surface area (Å²) in [6.07, 6.45) is 0. The molecule has 0 aliphatic heterocycles. The van der Waals surface area contributed by atoms with Crippen molar-refractivity contribution in [2.75, 3.05) is 0 Å². The molecule has 0 aliphatic rings. The molecule has 2 aromatic carbocycles. The third-order valence-electron chi connectivity index (χ3n) is 3.27. The number of aromatic nitrogens is 2. The molecule has 112 valence electrons. The maximum Gasteiger partial charge on any atom is 0.155 e. The van der Waals surface area contributed by atoms with E-state index in [1.807, 2.05) is 23.6 Å². The highest BCUT2D eigenvalue weighted by Gasteiger charge is 2.19. The minimum absolute atomic E-state index is 0.275. The van der Waals surface area contributed by atoms with E-state index in [1.165, 1.54) is 12.1 Å². The van der Waals surface area contributed by atoms with Gasteiger partial charge in [-0.25, -0.2) is 9.37 Å². The first-order chi connectivity index (χ1) is 10.5. The van der Waals surface area contributed by atoms with Crippen LogP contribution in [0.5, 0.6) is 0 Å². The number of benzene rings is 2. The Labute approximate surface area is 142 Å². The second-order valence-electron chi connectivity index (χ2n) is 4.73. The van der Waals surface area contributed by atoms with Gasteiger partial charge in [0.1, 0.15) is 11.6 Å². The number of halogens is 4. The van der Waals surface area contributed by atoms with E-state index in [9.17, 15) is 4.39 Å². The molecule has 1 aromatic heterocycles. The SMILES string of the molecule is Cc1nc(Cl)c(-c2ccc(F)cc2Cl)n1-c1ccc(Cl)cc1. The molecule has 22 heavy (non-hydrogen) atoms. The molecule has 0 amide bonds. The highest BCUT2D eigenvalue weighted by Crippen LogP contribution is 2.36. The fourth-order valence-electron chi connectivity index (χ4n) is 2.32. The summed E-state index contributed by atoms with van der Waals surface area (Å²) < 4.78 is 15.1. The summed E-state index contributed by atoms with van der Waals surface area (Å²) in [4.78, 5) is 4.29. The first-order valence-corrected chi connectivity index (χ1v) is 7.57. The van der Waals surface area contributed by atoms with Crippen molar-refractivity contribution in [2.24, 2.45) is 0 Å². The molecule has 0 radical (unpaired) electrons. The lowest BCUT2D eigenvalue weighted by Crippen LogP contribution is -2.00. The second-order valence-corrected chi connectivity index (χ2v) is 5.94. The van der Waals surface area contributed by atoms with Crippen LogP contribution < -0.4 is 0 Å². The van der Waals surface area contributed by atoms with E-state index >= 15 is 0 Å². The Morgan fingerprint density at radius 1 is 1.00 bits per heavy atom. The number of imidazole rings is 1. The predicted molar refractivity (Wildman–Crippen MR) is 88.7 cm³/mol. The van der Waals surface area contributed by atoms with Crippen LogP contribution in [0.3, 0.4) is 0 Å². The molecule has 0 saturated heterocycles. The fraction of sp³-hybridized carbons (Fsp3) is 0.0625. The molecule has 0 spiro atoms. The molecular formula is C16H10Cl3FN2. The van der Waals surface area contributed by atoms with Crippen LogP contribution in [-0.2, 0) is 0 Å². The lowest BCUT2D eigenvalue weighted by atomic mass is 10.1.